The summed E-state index contributed by atoms with van der Waals surface area (Å²) < 4.78 is 28.1. The van der Waals surface area contributed by atoms with E-state index in [0.717, 1.165) is 31.6 Å². The number of nitrogens with one attached hydrogen (secondary N) is 1. The summed E-state index contributed by atoms with van der Waals surface area (Å²) in [5.74, 6) is -0.325. The molecule has 1 fully saturated rings. The minimum Gasteiger partial charge on any atom is -0.354 e. The van der Waals surface area contributed by atoms with E-state index in [1.807, 2.05) is 6.92 Å². The molecular weight excluding hydrogens is 446 g/mol. The first-order chi connectivity index (χ1) is 15.3. The van der Waals surface area contributed by atoms with Crippen LogP contribution in [0.3, 0.4) is 0 Å². The number of anilines is 1. The van der Waals surface area contributed by atoms with Gasteiger partial charge in [0.25, 0.3) is 10.0 Å². The van der Waals surface area contributed by atoms with E-state index < -0.39 is 10.0 Å². The fraction of sp³-hybridized carbons (Fsp3) is 0.458. The lowest BCUT2D eigenvalue weighted by Crippen LogP contribution is -2.42. The number of sulfonamides is 1. The van der Waals surface area contributed by atoms with Crippen LogP contribution in [-0.2, 0) is 14.8 Å². The van der Waals surface area contributed by atoms with Crippen LogP contribution < -0.4 is 9.62 Å². The molecule has 2 aromatic carbocycles. The molecule has 3 rings (SSSR count). The van der Waals surface area contributed by atoms with Gasteiger partial charge in [0.15, 0.2) is 0 Å². The molecule has 1 heterocycles. The van der Waals surface area contributed by atoms with Gasteiger partial charge >= 0.3 is 0 Å². The Balaban J connectivity index is 1.72. The lowest BCUT2D eigenvalue weighted by Gasteiger charge is -2.27. The molecule has 1 amide bonds. The second-order valence-corrected chi connectivity index (χ2v) is 10.7. The summed E-state index contributed by atoms with van der Waals surface area (Å²) in [5.41, 5.74) is 2.09. The molecule has 8 heteroatoms. The van der Waals surface area contributed by atoms with E-state index in [1.54, 1.807) is 49.4 Å². The largest absolute Gasteiger partial charge is 0.354 e. The molecule has 1 aliphatic heterocycles. The first-order valence-corrected chi connectivity index (χ1v) is 12.9. The molecule has 0 aromatic heterocycles. The fourth-order valence-electron chi connectivity index (χ4n) is 3.94. The molecule has 0 aliphatic carbocycles. The number of piperidine rings is 1. The Morgan fingerprint density at radius 2 is 1.75 bits per heavy atom. The van der Waals surface area contributed by atoms with Crippen molar-refractivity contribution in [2.24, 2.45) is 0 Å². The summed E-state index contributed by atoms with van der Waals surface area (Å²) in [6.07, 6.45) is 4.61. The molecule has 32 heavy (non-hydrogen) atoms. The van der Waals surface area contributed by atoms with Gasteiger partial charge in [-0.15, -0.1) is 0 Å². The molecule has 0 atom stereocenters. The van der Waals surface area contributed by atoms with Crippen LogP contribution in [0.2, 0.25) is 5.02 Å². The number of rotatable bonds is 9. The van der Waals surface area contributed by atoms with Crippen LogP contribution >= 0.6 is 11.6 Å². The Kier molecular flexibility index (Phi) is 8.57. The number of carbonyl (C=O) groups is 1. The Hall–Kier alpha value is -2.09. The second-order valence-electron chi connectivity index (χ2n) is 8.36. The highest BCUT2D eigenvalue weighted by atomic mass is 35.5. The van der Waals surface area contributed by atoms with Crippen LogP contribution in [0.25, 0.3) is 0 Å². The van der Waals surface area contributed by atoms with Crippen molar-refractivity contribution in [1.29, 1.82) is 0 Å². The topological polar surface area (TPSA) is 69.7 Å². The lowest BCUT2D eigenvalue weighted by molar-refractivity contribution is -0.119. The Labute approximate surface area is 196 Å². The van der Waals surface area contributed by atoms with Crippen LogP contribution in [0.4, 0.5) is 5.69 Å². The molecule has 1 saturated heterocycles. The highest BCUT2D eigenvalue weighted by Crippen LogP contribution is 2.29. The smallest absolute Gasteiger partial charge is 0.264 e. The van der Waals surface area contributed by atoms with Gasteiger partial charge in [-0.05, 0) is 88.6 Å². The van der Waals surface area contributed by atoms with Crippen LogP contribution in [0.15, 0.2) is 47.4 Å². The van der Waals surface area contributed by atoms with Crippen molar-refractivity contribution in [3.05, 3.63) is 58.6 Å². The Morgan fingerprint density at radius 1 is 1.06 bits per heavy atom. The third kappa shape index (κ3) is 6.47. The summed E-state index contributed by atoms with van der Waals surface area (Å²) in [4.78, 5) is 15.3. The molecule has 0 bridgehead atoms. The maximum absolute atomic E-state index is 13.5. The minimum absolute atomic E-state index is 0.148. The van der Waals surface area contributed by atoms with Gasteiger partial charge in [-0.2, -0.15) is 0 Å². The van der Waals surface area contributed by atoms with Crippen molar-refractivity contribution in [3.63, 3.8) is 0 Å². The van der Waals surface area contributed by atoms with E-state index in [9.17, 15) is 13.2 Å². The summed E-state index contributed by atoms with van der Waals surface area (Å²) in [6, 6.07) is 11.6. The van der Waals surface area contributed by atoms with Crippen molar-refractivity contribution in [1.82, 2.24) is 10.2 Å². The van der Waals surface area contributed by atoms with Crippen molar-refractivity contribution in [2.75, 3.05) is 37.0 Å². The average molecular weight is 478 g/mol. The monoisotopic (exact) mass is 477 g/mol. The highest BCUT2D eigenvalue weighted by Gasteiger charge is 2.28. The Morgan fingerprint density at radius 3 is 2.41 bits per heavy atom. The SMILES string of the molecule is Cc1ccc(S(=O)(=O)N(CC(=O)NCCCN2CCCCC2)c2ccc(Cl)cc2C)cc1. The summed E-state index contributed by atoms with van der Waals surface area (Å²) >= 11 is 6.07. The normalized spacial score (nSPS) is 14.8. The van der Waals surface area contributed by atoms with Gasteiger partial charge in [0.2, 0.25) is 5.91 Å². The molecule has 0 saturated carbocycles. The number of hydrogen-bond acceptors (Lipinski definition) is 4. The van der Waals surface area contributed by atoms with Crippen molar-refractivity contribution in [2.45, 2.75) is 44.4 Å². The van der Waals surface area contributed by atoms with Crippen LogP contribution in [-0.4, -0.2) is 51.9 Å². The van der Waals surface area contributed by atoms with Crippen molar-refractivity contribution in [3.8, 4) is 0 Å². The van der Waals surface area contributed by atoms with Crippen LogP contribution in [0.1, 0.15) is 36.8 Å². The van der Waals surface area contributed by atoms with Gasteiger partial charge in [-0.3, -0.25) is 9.10 Å². The molecule has 0 spiro atoms. The number of aryl methyl sites for hydroxylation is 2. The molecule has 1 aliphatic rings. The van der Waals surface area contributed by atoms with Gasteiger partial charge in [0.1, 0.15) is 6.54 Å². The zero-order chi connectivity index (χ0) is 23.1. The molecule has 174 valence electrons. The highest BCUT2D eigenvalue weighted by molar-refractivity contribution is 7.92. The van der Waals surface area contributed by atoms with E-state index in [1.165, 1.54) is 23.6 Å². The van der Waals surface area contributed by atoms with Gasteiger partial charge in [0.05, 0.1) is 10.6 Å². The first kappa shape index (κ1) is 24.6. The molecule has 2 aromatic rings. The quantitative estimate of drug-likeness (QED) is 0.551. The number of halogens is 1. The zero-order valence-electron chi connectivity index (χ0n) is 18.8. The maximum atomic E-state index is 13.5. The molecule has 0 unspecified atom stereocenters. The van der Waals surface area contributed by atoms with Crippen molar-refractivity contribution < 1.29 is 13.2 Å². The van der Waals surface area contributed by atoms with E-state index in [-0.39, 0.29) is 17.3 Å². The predicted octanol–water partition coefficient (Wildman–Crippen LogP) is 4.14. The number of benzene rings is 2. The fourth-order valence-corrected chi connectivity index (χ4v) is 5.65. The second kappa shape index (κ2) is 11.2. The number of hydrogen-bond donors (Lipinski definition) is 1. The Bertz CT molecular complexity index is 1020. The number of nitrogens with zero attached hydrogens (tertiary/aromatic N) is 2. The maximum Gasteiger partial charge on any atom is 0.264 e. The zero-order valence-corrected chi connectivity index (χ0v) is 20.4. The summed E-state index contributed by atoms with van der Waals surface area (Å²) in [6.45, 7) is 7.10. The van der Waals surface area contributed by atoms with Gasteiger partial charge in [-0.25, -0.2) is 8.42 Å². The third-order valence-electron chi connectivity index (χ3n) is 5.75. The molecule has 0 radical (unpaired) electrons. The van der Waals surface area contributed by atoms with Crippen molar-refractivity contribution >= 4 is 33.2 Å². The number of amides is 1. The van der Waals surface area contributed by atoms with E-state index in [2.05, 4.69) is 10.2 Å². The number of likely N-dealkylation sites (tertiary alicyclic amines) is 1. The molecular formula is C24H32ClN3O3S. The van der Waals surface area contributed by atoms with Gasteiger partial charge in [-0.1, -0.05) is 35.7 Å². The van der Waals surface area contributed by atoms with Gasteiger partial charge < -0.3 is 10.2 Å². The number of carbonyl (C=O) groups excluding carboxylic acids is 1. The first-order valence-electron chi connectivity index (χ1n) is 11.1. The predicted molar refractivity (Wildman–Crippen MR) is 130 cm³/mol. The van der Waals surface area contributed by atoms with Gasteiger partial charge in [0, 0.05) is 11.6 Å². The van der Waals surface area contributed by atoms with E-state index in [0.29, 0.717) is 22.8 Å². The molecule has 1 N–H and O–H groups in total. The van der Waals surface area contributed by atoms with Crippen LogP contribution in [0, 0.1) is 13.8 Å². The van der Waals surface area contributed by atoms with E-state index in [4.69, 9.17) is 11.6 Å². The van der Waals surface area contributed by atoms with Crippen LogP contribution in [0.5, 0.6) is 0 Å². The average Bonchev–Trinajstić information content (AvgIpc) is 2.76. The summed E-state index contributed by atoms with van der Waals surface area (Å²) in [5, 5.41) is 3.40. The van der Waals surface area contributed by atoms with E-state index >= 15 is 0 Å². The standard InChI is InChI=1S/C24H32ClN3O3S/c1-19-7-10-22(11-8-19)32(30,31)28(23-12-9-21(25)17-20(23)2)18-24(29)26-13-6-16-27-14-4-3-5-15-27/h7-12,17H,3-6,13-16,18H2,1-2H3,(H,26,29). The summed E-state index contributed by atoms with van der Waals surface area (Å²) in [7, 11) is -3.93. The third-order valence-corrected chi connectivity index (χ3v) is 7.75. The minimum atomic E-state index is -3.93. The molecule has 6 nitrogen and oxygen atoms in total. The lowest BCUT2D eigenvalue weighted by atomic mass is 10.1.